The van der Waals surface area contributed by atoms with Crippen LogP contribution in [0.15, 0.2) is 24.3 Å². The number of fused-ring (bicyclic) bond motifs is 1. The smallest absolute Gasteiger partial charge is 0.244 e. The van der Waals surface area contributed by atoms with Crippen molar-refractivity contribution in [1.29, 1.82) is 0 Å². The maximum absolute atomic E-state index is 13.9. The predicted octanol–water partition coefficient (Wildman–Crippen LogP) is 3.19. The highest BCUT2D eigenvalue weighted by Gasteiger charge is 2.73. The standard InChI is InChI=1S/C27H39N3O5S/c1-5-35-18-11-9-17(10-12-18)28-23(32)20-19-13-14-27(36-19)21(20)25(34)30(15-7-6-8-16-31)22(27)24(33)29-26(2,3)4/h9-12,19-22,31H,5-8,13-16H2,1-4H3,(H,28,32)(H,29,33)/t19-,20+,21+,22?,27?/m1/s1. The molecule has 3 aliphatic heterocycles. The minimum atomic E-state index is -0.596. The Morgan fingerprint density at radius 2 is 1.89 bits per heavy atom. The summed E-state index contributed by atoms with van der Waals surface area (Å²) in [5.41, 5.74) is 0.238. The SMILES string of the molecule is CCOc1ccc(NC(=O)[C@@H]2[C@H]3C(=O)N(CCCCCO)C(C(=O)NC(C)(C)C)C34CC[C@H]2S4)cc1. The minimum absolute atomic E-state index is 0.0168. The molecule has 0 saturated carbocycles. The Hall–Kier alpha value is -2.26. The summed E-state index contributed by atoms with van der Waals surface area (Å²) >= 11 is 1.68. The number of nitrogens with zero attached hydrogens (tertiary/aromatic N) is 1. The first kappa shape index (κ1) is 26.8. The minimum Gasteiger partial charge on any atom is -0.494 e. The molecule has 3 amide bonds. The molecule has 4 rings (SSSR count). The Labute approximate surface area is 217 Å². The van der Waals surface area contributed by atoms with Gasteiger partial charge in [0.15, 0.2) is 0 Å². The first-order valence-corrected chi connectivity index (χ1v) is 13.9. The van der Waals surface area contributed by atoms with Crippen LogP contribution in [0, 0.1) is 11.8 Å². The van der Waals surface area contributed by atoms with Crippen LogP contribution in [0.3, 0.4) is 0 Å². The van der Waals surface area contributed by atoms with Gasteiger partial charge in [-0.25, -0.2) is 0 Å². The van der Waals surface area contributed by atoms with Gasteiger partial charge in [-0.1, -0.05) is 0 Å². The van der Waals surface area contributed by atoms with Crippen LogP contribution >= 0.6 is 11.8 Å². The summed E-state index contributed by atoms with van der Waals surface area (Å²) in [5.74, 6) is -0.641. The van der Waals surface area contributed by atoms with Crippen molar-refractivity contribution in [3.8, 4) is 5.75 Å². The lowest BCUT2D eigenvalue weighted by molar-refractivity contribution is -0.139. The molecule has 9 heteroatoms. The maximum Gasteiger partial charge on any atom is 0.244 e. The Morgan fingerprint density at radius 3 is 2.53 bits per heavy atom. The first-order valence-electron chi connectivity index (χ1n) is 13.1. The lowest BCUT2D eigenvalue weighted by Crippen LogP contribution is -2.57. The van der Waals surface area contributed by atoms with Crippen molar-refractivity contribution in [3.05, 3.63) is 24.3 Å². The molecule has 1 spiro atoms. The summed E-state index contributed by atoms with van der Waals surface area (Å²) in [6, 6.07) is 6.66. The molecule has 3 heterocycles. The number of carbonyl (C=O) groups excluding carboxylic acids is 3. The molecular formula is C27H39N3O5S. The number of likely N-dealkylation sites (tertiary alicyclic amines) is 1. The van der Waals surface area contributed by atoms with E-state index in [9.17, 15) is 14.4 Å². The number of thioether (sulfide) groups is 1. The largest absolute Gasteiger partial charge is 0.494 e. The van der Waals surface area contributed by atoms with Crippen LogP contribution < -0.4 is 15.4 Å². The lowest BCUT2D eigenvalue weighted by atomic mass is 9.70. The Bertz CT molecular complexity index is 979. The number of ether oxygens (including phenoxy) is 1. The van der Waals surface area contributed by atoms with Gasteiger partial charge in [-0.15, -0.1) is 11.8 Å². The van der Waals surface area contributed by atoms with E-state index in [0.717, 1.165) is 25.0 Å². The zero-order valence-electron chi connectivity index (χ0n) is 21.7. The van der Waals surface area contributed by atoms with Gasteiger partial charge in [-0.3, -0.25) is 14.4 Å². The number of hydrogen-bond acceptors (Lipinski definition) is 6. The van der Waals surface area contributed by atoms with E-state index in [1.807, 2.05) is 52.0 Å². The summed E-state index contributed by atoms with van der Waals surface area (Å²) in [5, 5.41) is 15.3. The van der Waals surface area contributed by atoms with E-state index in [2.05, 4.69) is 10.6 Å². The molecule has 3 N–H and O–H groups in total. The van der Waals surface area contributed by atoms with Gasteiger partial charge < -0.3 is 25.4 Å². The number of aliphatic hydroxyl groups is 1. The van der Waals surface area contributed by atoms with Crippen molar-refractivity contribution in [3.63, 3.8) is 0 Å². The van der Waals surface area contributed by atoms with Crippen LogP contribution in [-0.4, -0.2) is 69.1 Å². The number of amides is 3. The fraction of sp³-hybridized carbons (Fsp3) is 0.667. The highest BCUT2D eigenvalue weighted by molar-refractivity contribution is 8.02. The van der Waals surface area contributed by atoms with Gasteiger partial charge in [0.05, 0.1) is 23.2 Å². The van der Waals surface area contributed by atoms with Crippen LogP contribution in [0.4, 0.5) is 5.69 Å². The number of anilines is 1. The number of benzene rings is 1. The molecule has 2 unspecified atom stereocenters. The molecular weight excluding hydrogens is 478 g/mol. The van der Waals surface area contributed by atoms with Gasteiger partial charge in [-0.2, -0.15) is 0 Å². The van der Waals surface area contributed by atoms with Crippen molar-refractivity contribution in [2.45, 2.75) is 81.4 Å². The molecule has 3 fully saturated rings. The summed E-state index contributed by atoms with van der Waals surface area (Å²) in [6.45, 7) is 8.87. The molecule has 1 aromatic carbocycles. The third kappa shape index (κ3) is 5.09. The molecule has 3 saturated heterocycles. The van der Waals surface area contributed by atoms with Gasteiger partial charge in [0.2, 0.25) is 17.7 Å². The van der Waals surface area contributed by atoms with Crippen LogP contribution in [-0.2, 0) is 14.4 Å². The van der Waals surface area contributed by atoms with E-state index in [1.165, 1.54) is 0 Å². The van der Waals surface area contributed by atoms with Gasteiger partial charge >= 0.3 is 0 Å². The van der Waals surface area contributed by atoms with E-state index < -0.39 is 28.2 Å². The average molecular weight is 518 g/mol. The highest BCUT2D eigenvalue weighted by atomic mass is 32.2. The second kappa shape index (κ2) is 10.6. The summed E-state index contributed by atoms with van der Waals surface area (Å²) in [7, 11) is 0. The zero-order chi connectivity index (χ0) is 26.1. The van der Waals surface area contributed by atoms with E-state index in [-0.39, 0.29) is 29.6 Å². The zero-order valence-corrected chi connectivity index (χ0v) is 22.5. The molecule has 1 aromatic rings. The second-order valence-corrected chi connectivity index (χ2v) is 12.7. The molecule has 36 heavy (non-hydrogen) atoms. The Balaban J connectivity index is 1.58. The summed E-state index contributed by atoms with van der Waals surface area (Å²) in [6.07, 6.45) is 3.72. The number of unbranched alkanes of at least 4 members (excludes halogenated alkanes) is 2. The summed E-state index contributed by atoms with van der Waals surface area (Å²) < 4.78 is 4.90. The van der Waals surface area contributed by atoms with E-state index in [4.69, 9.17) is 9.84 Å². The van der Waals surface area contributed by atoms with Crippen molar-refractivity contribution in [2.24, 2.45) is 11.8 Å². The monoisotopic (exact) mass is 517 g/mol. The van der Waals surface area contributed by atoms with E-state index >= 15 is 0 Å². The first-order chi connectivity index (χ1) is 17.1. The number of carbonyl (C=O) groups is 3. The average Bonchev–Trinajstić information content (AvgIpc) is 3.44. The molecule has 198 valence electrons. The van der Waals surface area contributed by atoms with Crippen LogP contribution in [0.5, 0.6) is 5.75 Å². The second-order valence-electron chi connectivity index (χ2n) is 11.1. The normalized spacial score (nSPS) is 28.8. The molecule has 2 bridgehead atoms. The van der Waals surface area contributed by atoms with Crippen LogP contribution in [0.2, 0.25) is 0 Å². The van der Waals surface area contributed by atoms with E-state index in [0.29, 0.717) is 31.7 Å². The van der Waals surface area contributed by atoms with Crippen LogP contribution in [0.25, 0.3) is 0 Å². The van der Waals surface area contributed by atoms with Crippen molar-refractivity contribution >= 4 is 35.2 Å². The molecule has 0 radical (unpaired) electrons. The lowest BCUT2D eigenvalue weighted by Gasteiger charge is -2.36. The fourth-order valence-corrected chi connectivity index (χ4v) is 8.25. The fourth-order valence-electron chi connectivity index (χ4n) is 6.03. The molecule has 0 aromatic heterocycles. The molecule has 8 nitrogen and oxygen atoms in total. The van der Waals surface area contributed by atoms with Gasteiger partial charge in [0.25, 0.3) is 0 Å². The maximum atomic E-state index is 13.9. The topological polar surface area (TPSA) is 108 Å². The Kier molecular flexibility index (Phi) is 7.90. The number of hydrogen-bond donors (Lipinski definition) is 3. The van der Waals surface area contributed by atoms with Gasteiger partial charge in [0.1, 0.15) is 11.8 Å². The summed E-state index contributed by atoms with van der Waals surface area (Å²) in [4.78, 5) is 42.8. The number of rotatable bonds is 10. The van der Waals surface area contributed by atoms with Crippen LogP contribution in [0.1, 0.15) is 59.8 Å². The van der Waals surface area contributed by atoms with Gasteiger partial charge in [-0.05, 0) is 84.1 Å². The number of nitrogens with one attached hydrogen (secondary N) is 2. The quantitative estimate of drug-likeness (QED) is 0.412. The number of aliphatic hydroxyl groups excluding tert-OH is 1. The van der Waals surface area contributed by atoms with Crippen molar-refractivity contribution < 1.29 is 24.2 Å². The third-order valence-corrected chi connectivity index (χ3v) is 9.29. The molecule has 5 atom stereocenters. The third-order valence-electron chi connectivity index (χ3n) is 7.34. The van der Waals surface area contributed by atoms with E-state index in [1.54, 1.807) is 16.7 Å². The predicted molar refractivity (Wildman–Crippen MR) is 141 cm³/mol. The van der Waals surface area contributed by atoms with Crippen molar-refractivity contribution in [2.75, 3.05) is 25.1 Å². The Morgan fingerprint density at radius 1 is 1.17 bits per heavy atom. The van der Waals surface area contributed by atoms with Gasteiger partial charge in [0, 0.05) is 29.6 Å². The molecule has 3 aliphatic rings. The highest BCUT2D eigenvalue weighted by Crippen LogP contribution is 2.66. The van der Waals surface area contributed by atoms with Crippen molar-refractivity contribution in [1.82, 2.24) is 10.2 Å². The molecule has 0 aliphatic carbocycles.